The zero-order valence-corrected chi connectivity index (χ0v) is 16.4. The third kappa shape index (κ3) is 5.02. The molecule has 0 bridgehead atoms. The van der Waals surface area contributed by atoms with Gasteiger partial charge in [-0.1, -0.05) is 11.8 Å². The highest BCUT2D eigenvalue weighted by Crippen LogP contribution is 2.36. The van der Waals surface area contributed by atoms with Crippen molar-refractivity contribution in [2.45, 2.75) is 31.1 Å². The van der Waals surface area contributed by atoms with Crippen molar-refractivity contribution >= 4 is 15.7 Å². The van der Waals surface area contributed by atoms with Gasteiger partial charge < -0.3 is 9.67 Å². The standard InChI is InChI=1S/C19H22N2O6S/c1-19(18(24)20-25,28(2,26)27)8-10-21-9-7-14(11-17(21)23)5-3-4-6-15-12-16(15)13-22/h7,9,11,15-16,22,25H,8,10,12-13H2,1-2H3,(H,20,24)/t15-,16-,19?/m1/s1. The fraction of sp³-hybridized carbons (Fsp3) is 0.474. The average Bonchev–Trinajstić information content (AvgIpc) is 3.41. The van der Waals surface area contributed by atoms with Crippen molar-refractivity contribution in [3.05, 3.63) is 34.2 Å². The molecule has 0 aliphatic heterocycles. The van der Waals surface area contributed by atoms with Gasteiger partial charge in [0.1, 0.15) is 0 Å². The van der Waals surface area contributed by atoms with E-state index in [4.69, 9.17) is 10.3 Å². The molecule has 1 amide bonds. The molecule has 0 radical (unpaired) electrons. The molecule has 3 N–H and O–H groups in total. The molecule has 0 aromatic carbocycles. The summed E-state index contributed by atoms with van der Waals surface area (Å²) in [5, 5.41) is 17.8. The first-order chi connectivity index (χ1) is 13.1. The lowest BCUT2D eigenvalue weighted by molar-refractivity contribution is -0.131. The molecule has 1 aromatic rings. The van der Waals surface area contributed by atoms with Crippen molar-refractivity contribution in [1.82, 2.24) is 10.0 Å². The summed E-state index contributed by atoms with van der Waals surface area (Å²) in [5.41, 5.74) is 1.43. The number of rotatable bonds is 6. The van der Waals surface area contributed by atoms with E-state index in [2.05, 4.69) is 23.7 Å². The van der Waals surface area contributed by atoms with Crippen molar-refractivity contribution in [3.8, 4) is 23.7 Å². The molecule has 1 aromatic heterocycles. The Morgan fingerprint density at radius 2 is 2.14 bits per heavy atom. The summed E-state index contributed by atoms with van der Waals surface area (Å²) in [5.74, 6) is 10.4. The van der Waals surface area contributed by atoms with E-state index in [0.717, 1.165) is 12.7 Å². The van der Waals surface area contributed by atoms with E-state index in [9.17, 15) is 18.0 Å². The van der Waals surface area contributed by atoms with Gasteiger partial charge in [0.05, 0.1) is 0 Å². The van der Waals surface area contributed by atoms with Crippen LogP contribution in [0, 0.1) is 35.5 Å². The lowest BCUT2D eigenvalue weighted by atomic mass is 10.1. The number of hydrogen-bond acceptors (Lipinski definition) is 6. The van der Waals surface area contributed by atoms with Crippen LogP contribution in [-0.4, -0.2) is 46.8 Å². The van der Waals surface area contributed by atoms with Crippen LogP contribution in [0.1, 0.15) is 25.3 Å². The molecule has 1 unspecified atom stereocenters. The smallest absolute Gasteiger partial charge is 0.264 e. The third-order valence-corrected chi connectivity index (χ3v) is 6.94. The molecule has 150 valence electrons. The van der Waals surface area contributed by atoms with Crippen LogP contribution >= 0.6 is 0 Å². The van der Waals surface area contributed by atoms with Crippen LogP contribution in [0.25, 0.3) is 0 Å². The zero-order valence-electron chi connectivity index (χ0n) is 15.6. The molecule has 2 rings (SSSR count). The number of aryl methyl sites for hydroxylation is 1. The second-order valence-electron chi connectivity index (χ2n) is 6.95. The minimum atomic E-state index is -3.83. The van der Waals surface area contributed by atoms with E-state index in [1.807, 2.05) is 0 Å². The number of carbonyl (C=O) groups is 1. The van der Waals surface area contributed by atoms with Crippen LogP contribution in [0.3, 0.4) is 0 Å². The number of nitrogens with zero attached hydrogens (tertiary/aromatic N) is 1. The predicted octanol–water partition coefficient (Wildman–Crippen LogP) is -0.470. The number of aromatic nitrogens is 1. The molecule has 1 aliphatic carbocycles. The largest absolute Gasteiger partial charge is 0.396 e. The Kier molecular flexibility index (Phi) is 6.68. The number of carbonyl (C=O) groups excluding carboxylic acids is 1. The highest BCUT2D eigenvalue weighted by molar-refractivity contribution is 7.92. The van der Waals surface area contributed by atoms with E-state index in [1.54, 1.807) is 6.07 Å². The molecule has 28 heavy (non-hydrogen) atoms. The minimum absolute atomic E-state index is 0.0342. The first-order valence-corrected chi connectivity index (χ1v) is 10.5. The van der Waals surface area contributed by atoms with E-state index >= 15 is 0 Å². The number of amides is 1. The molecule has 8 nitrogen and oxygen atoms in total. The highest BCUT2D eigenvalue weighted by atomic mass is 32.2. The van der Waals surface area contributed by atoms with E-state index in [0.29, 0.717) is 5.56 Å². The highest BCUT2D eigenvalue weighted by Gasteiger charge is 2.43. The topological polar surface area (TPSA) is 126 Å². The normalized spacial score (nSPS) is 20.0. The number of sulfone groups is 1. The van der Waals surface area contributed by atoms with Gasteiger partial charge in [-0.2, -0.15) is 0 Å². The average molecular weight is 406 g/mol. The summed E-state index contributed by atoms with van der Waals surface area (Å²) in [6, 6.07) is 2.89. The van der Waals surface area contributed by atoms with Gasteiger partial charge in [-0.15, -0.1) is 0 Å². The monoisotopic (exact) mass is 406 g/mol. The molecular weight excluding hydrogens is 384 g/mol. The summed E-state index contributed by atoms with van der Waals surface area (Å²) < 4.78 is 23.3. The van der Waals surface area contributed by atoms with Crippen molar-refractivity contribution in [2.75, 3.05) is 12.9 Å². The first kappa shape index (κ1) is 21.7. The molecule has 1 heterocycles. The van der Waals surface area contributed by atoms with E-state index < -0.39 is 26.1 Å². The second kappa shape index (κ2) is 8.61. The van der Waals surface area contributed by atoms with Gasteiger partial charge in [-0.05, 0) is 43.6 Å². The summed E-state index contributed by atoms with van der Waals surface area (Å²) in [7, 11) is -3.83. The van der Waals surface area contributed by atoms with Gasteiger partial charge in [0, 0.05) is 43.2 Å². The number of hydroxylamine groups is 1. The summed E-state index contributed by atoms with van der Waals surface area (Å²) in [6.07, 6.45) is 3.04. The maximum absolute atomic E-state index is 12.2. The molecular formula is C19H22N2O6S. The van der Waals surface area contributed by atoms with Crippen molar-refractivity contribution < 1.29 is 23.5 Å². The first-order valence-electron chi connectivity index (χ1n) is 8.59. The molecule has 1 fully saturated rings. The molecule has 9 heteroatoms. The van der Waals surface area contributed by atoms with Crippen LogP contribution in [0.15, 0.2) is 23.1 Å². The molecule has 1 aliphatic rings. The summed E-state index contributed by atoms with van der Waals surface area (Å²) in [4.78, 5) is 24.0. The van der Waals surface area contributed by atoms with Gasteiger partial charge in [0.15, 0.2) is 14.6 Å². The fourth-order valence-electron chi connectivity index (χ4n) is 2.55. The Balaban J connectivity index is 2.09. The lowest BCUT2D eigenvalue weighted by Gasteiger charge is -2.25. The Morgan fingerprint density at radius 1 is 1.43 bits per heavy atom. The van der Waals surface area contributed by atoms with Gasteiger partial charge in [-0.3, -0.25) is 14.8 Å². The van der Waals surface area contributed by atoms with Crippen molar-refractivity contribution in [1.29, 1.82) is 0 Å². The molecule has 0 saturated heterocycles. The maximum atomic E-state index is 12.2. The van der Waals surface area contributed by atoms with E-state index in [-0.39, 0.29) is 31.4 Å². The van der Waals surface area contributed by atoms with Gasteiger partial charge in [0.25, 0.3) is 11.5 Å². The predicted molar refractivity (Wildman–Crippen MR) is 102 cm³/mol. The van der Waals surface area contributed by atoms with Gasteiger partial charge >= 0.3 is 0 Å². The second-order valence-corrected chi connectivity index (χ2v) is 9.39. The maximum Gasteiger partial charge on any atom is 0.264 e. The van der Waals surface area contributed by atoms with Crippen LogP contribution in [0.2, 0.25) is 0 Å². The molecule has 3 atom stereocenters. The summed E-state index contributed by atoms with van der Waals surface area (Å²) in [6.45, 7) is 1.29. The fourth-order valence-corrected chi connectivity index (χ4v) is 3.39. The van der Waals surface area contributed by atoms with Crippen LogP contribution in [0.5, 0.6) is 0 Å². The van der Waals surface area contributed by atoms with Crippen LogP contribution < -0.4 is 11.0 Å². The van der Waals surface area contributed by atoms with E-state index in [1.165, 1.54) is 29.2 Å². The Hall–Kier alpha value is -2.59. The Morgan fingerprint density at radius 3 is 2.68 bits per heavy atom. The van der Waals surface area contributed by atoms with Crippen molar-refractivity contribution in [3.63, 3.8) is 0 Å². The minimum Gasteiger partial charge on any atom is -0.396 e. The van der Waals surface area contributed by atoms with Gasteiger partial charge in [-0.25, -0.2) is 13.9 Å². The quantitative estimate of drug-likeness (QED) is 0.333. The number of aliphatic hydroxyl groups excluding tert-OH is 1. The number of nitrogens with one attached hydrogen (secondary N) is 1. The summed E-state index contributed by atoms with van der Waals surface area (Å²) >= 11 is 0. The Labute approximate surface area is 163 Å². The third-order valence-electron chi connectivity index (χ3n) is 4.91. The zero-order chi connectivity index (χ0) is 20.9. The van der Waals surface area contributed by atoms with Gasteiger partial charge in [0.2, 0.25) is 0 Å². The number of aliphatic hydroxyl groups is 1. The lowest BCUT2D eigenvalue weighted by Crippen LogP contribution is -2.49. The van der Waals surface area contributed by atoms with Crippen LogP contribution in [-0.2, 0) is 21.2 Å². The van der Waals surface area contributed by atoms with Crippen molar-refractivity contribution in [2.24, 2.45) is 11.8 Å². The molecule has 1 saturated carbocycles. The Bertz CT molecular complexity index is 1040. The SMILES string of the molecule is CC(CCn1ccc(C#CC#C[C@@H]2C[C@@H]2CO)cc1=O)(C(=O)NO)S(C)(=O)=O. The number of hydrogen-bond donors (Lipinski definition) is 3. The molecule has 0 spiro atoms. The number of pyridine rings is 1. The van der Waals surface area contributed by atoms with Crippen LogP contribution in [0.4, 0.5) is 0 Å².